The molecule has 0 aliphatic rings. The fourth-order valence-electron chi connectivity index (χ4n) is 1.51. The van der Waals surface area contributed by atoms with E-state index in [1.807, 2.05) is 0 Å². The molecule has 2 heteroatoms. The van der Waals surface area contributed by atoms with E-state index in [1.165, 1.54) is 19.3 Å². The molecule has 0 aromatic heterocycles. The summed E-state index contributed by atoms with van der Waals surface area (Å²) < 4.78 is 0. The van der Waals surface area contributed by atoms with E-state index in [9.17, 15) is 5.11 Å². The molecule has 1 unspecified atom stereocenters. The van der Waals surface area contributed by atoms with Crippen LogP contribution in [0.4, 0.5) is 0 Å². The van der Waals surface area contributed by atoms with Gasteiger partial charge in [-0.05, 0) is 18.8 Å². The van der Waals surface area contributed by atoms with E-state index in [0.717, 1.165) is 25.7 Å². The molecule has 0 saturated heterocycles. The van der Waals surface area contributed by atoms with Crippen molar-refractivity contribution in [3.63, 3.8) is 0 Å². The number of rotatable bonds is 9. The van der Waals surface area contributed by atoms with Crippen LogP contribution in [0.5, 0.6) is 0 Å². The number of aliphatic hydroxyl groups excluding tert-OH is 2. The van der Waals surface area contributed by atoms with Gasteiger partial charge in [-0.25, -0.2) is 0 Å². The second-order valence-corrected chi connectivity index (χ2v) is 4.44. The van der Waals surface area contributed by atoms with Gasteiger partial charge in [-0.3, -0.25) is 0 Å². The van der Waals surface area contributed by atoms with Crippen molar-refractivity contribution >= 4 is 0 Å². The Balaban J connectivity index is 3.06. The largest absolute Gasteiger partial charge is 0.396 e. The molecule has 2 N–H and O–H groups in total. The second kappa shape index (κ2) is 9.47. The van der Waals surface area contributed by atoms with Gasteiger partial charge in [0, 0.05) is 6.61 Å². The van der Waals surface area contributed by atoms with Gasteiger partial charge < -0.3 is 10.2 Å². The van der Waals surface area contributed by atoms with Crippen molar-refractivity contribution in [2.45, 2.75) is 64.9 Å². The van der Waals surface area contributed by atoms with Gasteiger partial charge in [0.05, 0.1) is 6.10 Å². The van der Waals surface area contributed by atoms with E-state index in [4.69, 9.17) is 5.11 Å². The molecule has 14 heavy (non-hydrogen) atoms. The number of hydrogen-bond acceptors (Lipinski definition) is 2. The van der Waals surface area contributed by atoms with E-state index in [0.29, 0.717) is 12.5 Å². The molecule has 0 aliphatic carbocycles. The van der Waals surface area contributed by atoms with Gasteiger partial charge in [-0.1, -0.05) is 46.0 Å². The Morgan fingerprint density at radius 3 is 1.86 bits per heavy atom. The highest BCUT2D eigenvalue weighted by molar-refractivity contribution is 4.59. The number of hydrogen-bond donors (Lipinski definition) is 2. The summed E-state index contributed by atoms with van der Waals surface area (Å²) in [7, 11) is 0. The molecule has 0 aromatic carbocycles. The highest BCUT2D eigenvalue weighted by Crippen LogP contribution is 2.12. The molecule has 0 aromatic rings. The van der Waals surface area contributed by atoms with Crippen LogP contribution in [0.1, 0.15) is 58.8 Å². The number of unbranched alkanes of at least 4 members (excludes halogenated alkanes) is 5. The SMILES string of the molecule is CC(C)C(O)CCCCCCCCO. The van der Waals surface area contributed by atoms with Crippen LogP contribution in [0.25, 0.3) is 0 Å². The predicted molar refractivity (Wildman–Crippen MR) is 60.2 cm³/mol. The Morgan fingerprint density at radius 1 is 0.857 bits per heavy atom. The molecule has 2 nitrogen and oxygen atoms in total. The van der Waals surface area contributed by atoms with E-state index < -0.39 is 0 Å². The van der Waals surface area contributed by atoms with Crippen molar-refractivity contribution in [1.82, 2.24) is 0 Å². The fourth-order valence-corrected chi connectivity index (χ4v) is 1.51. The zero-order valence-electron chi connectivity index (χ0n) is 9.71. The molecule has 0 bridgehead atoms. The Hall–Kier alpha value is -0.0800. The van der Waals surface area contributed by atoms with E-state index >= 15 is 0 Å². The molecule has 0 rings (SSSR count). The minimum Gasteiger partial charge on any atom is -0.396 e. The summed E-state index contributed by atoms with van der Waals surface area (Å²) in [6.07, 6.45) is 7.72. The lowest BCUT2D eigenvalue weighted by atomic mass is 10.0. The maximum Gasteiger partial charge on any atom is 0.0563 e. The van der Waals surface area contributed by atoms with Crippen LogP contribution in [-0.2, 0) is 0 Å². The minimum absolute atomic E-state index is 0.118. The summed E-state index contributed by atoms with van der Waals surface area (Å²) in [5, 5.41) is 18.1. The molecule has 0 aliphatic heterocycles. The first kappa shape index (κ1) is 13.9. The zero-order valence-corrected chi connectivity index (χ0v) is 9.71. The number of aliphatic hydroxyl groups is 2. The summed E-state index contributed by atoms with van der Waals surface area (Å²) >= 11 is 0. The predicted octanol–water partition coefficient (Wildman–Crippen LogP) is 2.73. The summed E-state index contributed by atoms with van der Waals surface area (Å²) in [6, 6.07) is 0. The van der Waals surface area contributed by atoms with Gasteiger partial charge in [0.1, 0.15) is 0 Å². The Kier molecular flexibility index (Phi) is 9.42. The minimum atomic E-state index is -0.118. The fraction of sp³-hybridized carbons (Fsp3) is 1.00. The quantitative estimate of drug-likeness (QED) is 0.564. The Labute approximate surface area is 88.3 Å². The molecule has 86 valence electrons. The normalized spacial score (nSPS) is 13.5. The monoisotopic (exact) mass is 202 g/mol. The van der Waals surface area contributed by atoms with Crippen LogP contribution in [0, 0.1) is 5.92 Å². The Bertz CT molecular complexity index is 113. The molecular weight excluding hydrogens is 176 g/mol. The molecule has 0 spiro atoms. The molecule has 1 atom stereocenters. The van der Waals surface area contributed by atoms with Crippen LogP contribution in [0.15, 0.2) is 0 Å². The summed E-state index contributed by atoms with van der Waals surface area (Å²) in [6.45, 7) is 4.45. The smallest absolute Gasteiger partial charge is 0.0563 e. The average molecular weight is 202 g/mol. The average Bonchev–Trinajstić information content (AvgIpc) is 2.16. The first-order valence-corrected chi connectivity index (χ1v) is 5.97. The standard InChI is InChI=1S/C12H26O2/c1-11(2)12(14)9-7-5-3-4-6-8-10-13/h11-14H,3-10H2,1-2H3. The third-order valence-electron chi connectivity index (χ3n) is 2.68. The molecule has 0 fully saturated rings. The maximum atomic E-state index is 9.53. The van der Waals surface area contributed by atoms with Crippen molar-refractivity contribution in [1.29, 1.82) is 0 Å². The molecule has 0 saturated carbocycles. The van der Waals surface area contributed by atoms with Gasteiger partial charge in [0.15, 0.2) is 0 Å². The van der Waals surface area contributed by atoms with Crippen molar-refractivity contribution in [3.8, 4) is 0 Å². The van der Waals surface area contributed by atoms with E-state index in [-0.39, 0.29) is 6.10 Å². The lowest BCUT2D eigenvalue weighted by Crippen LogP contribution is -2.13. The van der Waals surface area contributed by atoms with Crippen LogP contribution in [0.3, 0.4) is 0 Å². The van der Waals surface area contributed by atoms with Gasteiger partial charge in [0.25, 0.3) is 0 Å². The van der Waals surface area contributed by atoms with Crippen molar-refractivity contribution in [2.75, 3.05) is 6.61 Å². The summed E-state index contributed by atoms with van der Waals surface area (Å²) in [5.74, 6) is 0.393. The molecule has 0 radical (unpaired) electrons. The van der Waals surface area contributed by atoms with Gasteiger partial charge in [0.2, 0.25) is 0 Å². The van der Waals surface area contributed by atoms with Crippen LogP contribution >= 0.6 is 0 Å². The lowest BCUT2D eigenvalue weighted by Gasteiger charge is -2.13. The second-order valence-electron chi connectivity index (χ2n) is 4.44. The summed E-state index contributed by atoms with van der Waals surface area (Å²) in [5.41, 5.74) is 0. The van der Waals surface area contributed by atoms with E-state index in [1.54, 1.807) is 0 Å². The van der Waals surface area contributed by atoms with Gasteiger partial charge in [-0.15, -0.1) is 0 Å². The van der Waals surface area contributed by atoms with E-state index in [2.05, 4.69) is 13.8 Å². The molecule has 0 amide bonds. The van der Waals surface area contributed by atoms with Crippen molar-refractivity contribution in [3.05, 3.63) is 0 Å². The zero-order chi connectivity index (χ0) is 10.8. The highest BCUT2D eigenvalue weighted by atomic mass is 16.3. The third kappa shape index (κ3) is 8.52. The highest BCUT2D eigenvalue weighted by Gasteiger charge is 2.07. The van der Waals surface area contributed by atoms with Crippen LogP contribution in [-0.4, -0.2) is 22.9 Å². The van der Waals surface area contributed by atoms with Crippen LogP contribution in [0.2, 0.25) is 0 Å². The Morgan fingerprint density at radius 2 is 1.36 bits per heavy atom. The van der Waals surface area contributed by atoms with Gasteiger partial charge >= 0.3 is 0 Å². The van der Waals surface area contributed by atoms with Crippen molar-refractivity contribution in [2.24, 2.45) is 5.92 Å². The molecular formula is C12H26O2. The van der Waals surface area contributed by atoms with Crippen molar-refractivity contribution < 1.29 is 10.2 Å². The first-order valence-electron chi connectivity index (χ1n) is 5.97. The third-order valence-corrected chi connectivity index (χ3v) is 2.68. The lowest BCUT2D eigenvalue weighted by molar-refractivity contribution is 0.113. The molecule has 0 heterocycles. The topological polar surface area (TPSA) is 40.5 Å². The first-order chi connectivity index (χ1) is 6.68. The summed E-state index contributed by atoms with van der Waals surface area (Å²) in [4.78, 5) is 0. The maximum absolute atomic E-state index is 9.53. The van der Waals surface area contributed by atoms with Gasteiger partial charge in [-0.2, -0.15) is 0 Å². The van der Waals surface area contributed by atoms with Crippen LogP contribution < -0.4 is 0 Å².